The van der Waals surface area contributed by atoms with E-state index in [1.807, 2.05) is 43.5 Å². The summed E-state index contributed by atoms with van der Waals surface area (Å²) < 4.78 is 5.48. The summed E-state index contributed by atoms with van der Waals surface area (Å²) in [4.78, 5) is 4.54. The van der Waals surface area contributed by atoms with Crippen molar-refractivity contribution < 1.29 is 4.74 Å². The van der Waals surface area contributed by atoms with E-state index in [0.717, 1.165) is 17.0 Å². The Kier molecular flexibility index (Phi) is 4.35. The summed E-state index contributed by atoms with van der Waals surface area (Å²) in [6, 6.07) is 14.2. The fourth-order valence-corrected chi connectivity index (χ4v) is 1.95. The maximum absolute atomic E-state index is 5.48. The lowest BCUT2D eigenvalue weighted by molar-refractivity contribution is 0.340. The Labute approximate surface area is 114 Å². The van der Waals surface area contributed by atoms with Crippen molar-refractivity contribution in [3.63, 3.8) is 0 Å². The molecule has 0 fully saturated rings. The number of benzene rings is 2. The van der Waals surface area contributed by atoms with Gasteiger partial charge in [0, 0.05) is 6.21 Å². The van der Waals surface area contributed by atoms with E-state index in [0.29, 0.717) is 6.61 Å². The van der Waals surface area contributed by atoms with E-state index in [1.165, 1.54) is 11.1 Å². The quantitative estimate of drug-likeness (QED) is 0.737. The van der Waals surface area contributed by atoms with Crippen molar-refractivity contribution in [2.24, 2.45) is 4.99 Å². The molecule has 2 aromatic carbocycles. The Balaban J connectivity index is 2.20. The smallest absolute Gasteiger partial charge is 0.119 e. The summed E-state index contributed by atoms with van der Waals surface area (Å²) in [5.41, 5.74) is 4.50. The predicted octanol–water partition coefficient (Wildman–Crippen LogP) is 4.45. The highest BCUT2D eigenvalue weighted by atomic mass is 16.5. The Hall–Kier alpha value is -2.09. The fourth-order valence-electron chi connectivity index (χ4n) is 1.95. The molecule has 0 spiro atoms. The van der Waals surface area contributed by atoms with Crippen molar-refractivity contribution in [1.82, 2.24) is 0 Å². The van der Waals surface area contributed by atoms with Gasteiger partial charge in [-0.15, -0.1) is 0 Å². The maximum atomic E-state index is 5.48. The molecule has 0 saturated carbocycles. The molecule has 2 aromatic rings. The molecule has 0 aliphatic heterocycles. The third-order valence-corrected chi connectivity index (χ3v) is 2.87. The molecule has 0 amide bonds. The van der Waals surface area contributed by atoms with E-state index in [9.17, 15) is 0 Å². The van der Waals surface area contributed by atoms with Crippen LogP contribution in [-0.2, 0) is 0 Å². The number of aryl methyl sites for hydroxylation is 2. The maximum Gasteiger partial charge on any atom is 0.119 e. The molecule has 0 aliphatic rings. The molecule has 0 radical (unpaired) electrons. The molecule has 0 unspecified atom stereocenters. The summed E-state index contributed by atoms with van der Waals surface area (Å²) in [6.45, 7) is 6.83. The van der Waals surface area contributed by atoms with Gasteiger partial charge in [-0.2, -0.15) is 0 Å². The normalized spacial score (nSPS) is 10.9. The lowest BCUT2D eigenvalue weighted by Gasteiger charge is -2.03. The van der Waals surface area contributed by atoms with E-state index in [4.69, 9.17) is 4.74 Å². The van der Waals surface area contributed by atoms with Crippen molar-refractivity contribution in [1.29, 1.82) is 0 Å². The van der Waals surface area contributed by atoms with Crippen LogP contribution in [0.15, 0.2) is 47.5 Å². The summed E-state index contributed by atoms with van der Waals surface area (Å²) >= 11 is 0. The summed E-state index contributed by atoms with van der Waals surface area (Å²) in [7, 11) is 0. The second-order valence-corrected chi connectivity index (χ2v) is 4.55. The van der Waals surface area contributed by atoms with Gasteiger partial charge in [0.05, 0.1) is 12.3 Å². The number of hydrogen-bond donors (Lipinski definition) is 0. The van der Waals surface area contributed by atoms with Gasteiger partial charge in [0.25, 0.3) is 0 Å². The van der Waals surface area contributed by atoms with Crippen LogP contribution < -0.4 is 4.74 Å². The molecule has 0 saturated heterocycles. The molecule has 0 aromatic heterocycles. The Bertz CT molecular complexity index is 588. The minimum atomic E-state index is 0.678. The molecular weight excluding hydrogens is 234 g/mol. The molecule has 98 valence electrons. The molecule has 2 heteroatoms. The highest BCUT2D eigenvalue weighted by Crippen LogP contribution is 2.20. The van der Waals surface area contributed by atoms with Crippen molar-refractivity contribution in [2.45, 2.75) is 20.8 Å². The van der Waals surface area contributed by atoms with Crippen molar-refractivity contribution in [3.05, 3.63) is 59.2 Å². The van der Waals surface area contributed by atoms with Crippen LogP contribution in [0.2, 0.25) is 0 Å². The van der Waals surface area contributed by atoms with Gasteiger partial charge in [0.1, 0.15) is 5.75 Å². The van der Waals surface area contributed by atoms with Crippen LogP contribution in [0.1, 0.15) is 23.6 Å². The van der Waals surface area contributed by atoms with Crippen LogP contribution in [0.4, 0.5) is 5.69 Å². The van der Waals surface area contributed by atoms with Crippen molar-refractivity contribution in [3.8, 4) is 5.75 Å². The third kappa shape index (κ3) is 3.68. The fraction of sp³-hybridized carbons (Fsp3) is 0.235. The minimum absolute atomic E-state index is 0.678. The zero-order chi connectivity index (χ0) is 13.7. The summed E-state index contributed by atoms with van der Waals surface area (Å²) in [5, 5.41) is 0. The average molecular weight is 253 g/mol. The summed E-state index contributed by atoms with van der Waals surface area (Å²) in [5.74, 6) is 0.882. The molecule has 2 rings (SSSR count). The van der Waals surface area contributed by atoms with Gasteiger partial charge in [-0.25, -0.2) is 0 Å². The van der Waals surface area contributed by atoms with Gasteiger partial charge in [-0.05, 0) is 50.1 Å². The average Bonchev–Trinajstić information content (AvgIpc) is 2.38. The lowest BCUT2D eigenvalue weighted by Crippen LogP contribution is -1.92. The zero-order valence-electron chi connectivity index (χ0n) is 11.7. The third-order valence-electron chi connectivity index (χ3n) is 2.87. The molecule has 19 heavy (non-hydrogen) atoms. The molecular formula is C17H19NO. The number of ether oxygens (including phenoxy) is 1. The second-order valence-electron chi connectivity index (χ2n) is 4.55. The van der Waals surface area contributed by atoms with Gasteiger partial charge in [0.2, 0.25) is 0 Å². The minimum Gasteiger partial charge on any atom is -0.494 e. The SMILES string of the molecule is CCOc1cccc(C=Nc2ccc(C)cc2C)c1. The van der Waals surface area contributed by atoms with Crippen molar-refractivity contribution in [2.75, 3.05) is 6.61 Å². The molecule has 0 atom stereocenters. The Morgan fingerprint density at radius 2 is 1.95 bits per heavy atom. The number of nitrogens with zero attached hydrogens (tertiary/aromatic N) is 1. The van der Waals surface area contributed by atoms with E-state index in [2.05, 4.69) is 31.0 Å². The molecule has 0 N–H and O–H groups in total. The van der Waals surface area contributed by atoms with Crippen LogP contribution in [0.5, 0.6) is 5.75 Å². The van der Waals surface area contributed by atoms with Gasteiger partial charge in [-0.1, -0.05) is 29.8 Å². The van der Waals surface area contributed by atoms with Crippen LogP contribution in [0.3, 0.4) is 0 Å². The summed E-state index contributed by atoms with van der Waals surface area (Å²) in [6.07, 6.45) is 1.88. The van der Waals surface area contributed by atoms with E-state index in [-0.39, 0.29) is 0 Å². The number of rotatable bonds is 4. The monoisotopic (exact) mass is 253 g/mol. The van der Waals surface area contributed by atoms with E-state index < -0.39 is 0 Å². The first-order chi connectivity index (χ1) is 9.19. The Morgan fingerprint density at radius 3 is 2.68 bits per heavy atom. The largest absolute Gasteiger partial charge is 0.494 e. The van der Waals surface area contributed by atoms with Crippen molar-refractivity contribution >= 4 is 11.9 Å². The number of hydrogen-bond acceptors (Lipinski definition) is 2. The molecule has 0 heterocycles. The molecule has 2 nitrogen and oxygen atoms in total. The van der Waals surface area contributed by atoms with Gasteiger partial charge in [0.15, 0.2) is 0 Å². The van der Waals surface area contributed by atoms with Crippen LogP contribution >= 0.6 is 0 Å². The van der Waals surface area contributed by atoms with Crippen LogP contribution in [0.25, 0.3) is 0 Å². The van der Waals surface area contributed by atoms with Crippen LogP contribution in [0, 0.1) is 13.8 Å². The van der Waals surface area contributed by atoms with Gasteiger partial charge in [-0.3, -0.25) is 4.99 Å². The first-order valence-electron chi connectivity index (χ1n) is 6.53. The number of aliphatic imine (C=N–C) groups is 1. The first-order valence-corrected chi connectivity index (χ1v) is 6.53. The predicted molar refractivity (Wildman–Crippen MR) is 80.8 cm³/mol. The standard InChI is InChI=1S/C17H19NO/c1-4-19-16-7-5-6-15(11-16)12-18-17-9-8-13(2)10-14(17)3/h5-12H,4H2,1-3H3. The van der Waals surface area contributed by atoms with E-state index >= 15 is 0 Å². The van der Waals surface area contributed by atoms with E-state index in [1.54, 1.807) is 0 Å². The topological polar surface area (TPSA) is 21.6 Å². The molecule has 0 aliphatic carbocycles. The van der Waals surface area contributed by atoms with Gasteiger partial charge < -0.3 is 4.74 Å². The highest BCUT2D eigenvalue weighted by Gasteiger charge is 1.97. The van der Waals surface area contributed by atoms with Crippen LogP contribution in [-0.4, -0.2) is 12.8 Å². The Morgan fingerprint density at radius 1 is 1.11 bits per heavy atom. The second kappa shape index (κ2) is 6.19. The first kappa shape index (κ1) is 13.3. The van der Waals surface area contributed by atoms with Gasteiger partial charge >= 0.3 is 0 Å². The molecule has 0 bridgehead atoms. The lowest BCUT2D eigenvalue weighted by atomic mass is 10.1. The zero-order valence-corrected chi connectivity index (χ0v) is 11.7. The highest BCUT2D eigenvalue weighted by molar-refractivity contribution is 5.82.